The first-order chi connectivity index (χ1) is 13.9. The molecule has 0 unspecified atom stereocenters. The second kappa shape index (κ2) is 8.73. The van der Waals surface area contributed by atoms with Crippen LogP contribution in [0.1, 0.15) is 30.7 Å². The molecule has 4 rings (SSSR count). The number of benzene rings is 2. The van der Waals surface area contributed by atoms with Gasteiger partial charge in [-0.3, -0.25) is 9.59 Å². The second-order valence-electron chi connectivity index (χ2n) is 7.28. The number of carboxylic acid groups (broad SMARTS) is 1. The number of aliphatic hydroxyl groups is 1. The van der Waals surface area contributed by atoms with Crippen molar-refractivity contribution in [3.63, 3.8) is 0 Å². The van der Waals surface area contributed by atoms with E-state index >= 15 is 0 Å². The van der Waals surface area contributed by atoms with Gasteiger partial charge >= 0.3 is 35.5 Å². The van der Waals surface area contributed by atoms with Gasteiger partial charge in [0.25, 0.3) is 5.91 Å². The second-order valence-corrected chi connectivity index (χ2v) is 7.28. The monoisotopic (exact) mass is 416 g/mol. The van der Waals surface area contributed by atoms with Crippen LogP contribution in [0.4, 0.5) is 5.69 Å². The van der Waals surface area contributed by atoms with Crippen molar-refractivity contribution in [2.24, 2.45) is 5.92 Å². The number of para-hydroxylation sites is 1. The molecule has 2 aliphatic rings. The van der Waals surface area contributed by atoms with Crippen LogP contribution >= 0.6 is 0 Å². The number of carbonyl (C=O) groups excluding carboxylic acids is 2. The Morgan fingerprint density at radius 2 is 1.87 bits per heavy atom. The van der Waals surface area contributed by atoms with Gasteiger partial charge in [-0.05, 0) is 48.7 Å². The topological polar surface area (TPSA) is 107 Å². The van der Waals surface area contributed by atoms with Crippen LogP contribution in [0.3, 0.4) is 0 Å². The number of aliphatic hydroxyl groups excluding tert-OH is 1. The number of hydrogen-bond donors (Lipinski definition) is 3. The number of nitrogens with one attached hydrogen (secondary N) is 1. The van der Waals surface area contributed by atoms with E-state index < -0.39 is 18.0 Å². The van der Waals surface area contributed by atoms with Crippen molar-refractivity contribution in [3.8, 4) is 0 Å². The molecule has 1 saturated heterocycles. The van der Waals surface area contributed by atoms with Crippen LogP contribution in [-0.4, -0.2) is 45.0 Å². The van der Waals surface area contributed by atoms with Crippen LogP contribution in [0.25, 0.3) is 5.57 Å². The zero-order valence-corrected chi connectivity index (χ0v) is 18.7. The standard InChI is InChI=1S/C22H20N2O5.Na.H/c1-12(25)18-17-11-16(19(22(28)29)24(17)21(18)27)13-6-5-7-14(10-13)20(26)23-15-8-3-2-4-9-15;;/h2-10,12,17-18,25H,11H2,1H3,(H,23,26)(H,28,29);;/q;+1;-1/t12-,17-,18-;;/m1../s1. The molecule has 150 valence electrons. The van der Waals surface area contributed by atoms with Crippen molar-refractivity contribution >= 4 is 29.0 Å². The van der Waals surface area contributed by atoms with Gasteiger partial charge in [-0.1, -0.05) is 30.3 Å². The molecule has 0 saturated carbocycles. The Morgan fingerprint density at radius 1 is 1.17 bits per heavy atom. The maximum Gasteiger partial charge on any atom is 1.00 e. The molecule has 0 aromatic heterocycles. The van der Waals surface area contributed by atoms with Gasteiger partial charge in [0, 0.05) is 11.3 Å². The number of rotatable bonds is 5. The Bertz CT molecular complexity index is 1040. The molecular weight excluding hydrogens is 395 g/mol. The summed E-state index contributed by atoms with van der Waals surface area (Å²) in [6, 6.07) is 15.3. The summed E-state index contributed by atoms with van der Waals surface area (Å²) in [5.41, 5.74) is 2.04. The van der Waals surface area contributed by atoms with Gasteiger partial charge in [-0.15, -0.1) is 0 Å². The fourth-order valence-electron chi connectivity index (χ4n) is 4.10. The van der Waals surface area contributed by atoms with Crippen LogP contribution in [0.15, 0.2) is 60.3 Å². The summed E-state index contributed by atoms with van der Waals surface area (Å²) in [6.45, 7) is 1.53. The fourth-order valence-corrected chi connectivity index (χ4v) is 4.10. The van der Waals surface area contributed by atoms with Gasteiger partial charge in [-0.2, -0.15) is 0 Å². The first-order valence-electron chi connectivity index (χ1n) is 9.33. The molecule has 2 amide bonds. The summed E-state index contributed by atoms with van der Waals surface area (Å²) < 4.78 is 0. The van der Waals surface area contributed by atoms with E-state index in [1.165, 1.54) is 11.8 Å². The third-order valence-electron chi connectivity index (χ3n) is 5.44. The molecular formula is C22H21N2NaO5. The van der Waals surface area contributed by atoms with Gasteiger partial charge in [-0.25, -0.2) is 4.79 Å². The molecule has 2 aromatic carbocycles. The van der Waals surface area contributed by atoms with Crippen molar-refractivity contribution in [2.75, 3.05) is 5.32 Å². The predicted octanol–water partition coefficient (Wildman–Crippen LogP) is -0.537. The smallest absolute Gasteiger partial charge is 1.00 e. The van der Waals surface area contributed by atoms with Crippen LogP contribution in [0.5, 0.6) is 0 Å². The number of hydrogen-bond acceptors (Lipinski definition) is 4. The average Bonchev–Trinajstić information content (AvgIpc) is 3.04. The Morgan fingerprint density at radius 3 is 2.50 bits per heavy atom. The first-order valence-corrected chi connectivity index (χ1v) is 9.33. The van der Waals surface area contributed by atoms with E-state index in [2.05, 4.69) is 5.32 Å². The van der Waals surface area contributed by atoms with Crippen molar-refractivity contribution in [1.82, 2.24) is 4.90 Å². The van der Waals surface area contributed by atoms with Crippen molar-refractivity contribution < 1.29 is 55.6 Å². The minimum Gasteiger partial charge on any atom is -1.00 e. The van der Waals surface area contributed by atoms with Gasteiger partial charge < -0.3 is 21.9 Å². The summed E-state index contributed by atoms with van der Waals surface area (Å²) >= 11 is 0. The summed E-state index contributed by atoms with van der Waals surface area (Å²) in [6.07, 6.45) is -0.520. The van der Waals surface area contributed by atoms with Crippen molar-refractivity contribution in [2.45, 2.75) is 25.5 Å². The molecule has 2 heterocycles. The normalized spacial score (nSPS) is 20.7. The van der Waals surface area contributed by atoms with E-state index in [9.17, 15) is 24.6 Å². The van der Waals surface area contributed by atoms with Crippen molar-refractivity contribution in [1.29, 1.82) is 0 Å². The predicted molar refractivity (Wildman–Crippen MR) is 107 cm³/mol. The molecule has 30 heavy (non-hydrogen) atoms. The SMILES string of the molecule is C[C@@H](O)[C@H]1C(=O)N2C(C(=O)O)=C(c3cccc(C(=O)Nc4ccccc4)c3)C[C@H]12.[H-].[Na+]. The molecule has 2 aromatic rings. The summed E-state index contributed by atoms with van der Waals surface area (Å²) in [5, 5.41) is 22.4. The molecule has 0 aliphatic carbocycles. The third-order valence-corrected chi connectivity index (χ3v) is 5.44. The minimum absolute atomic E-state index is 0. The van der Waals surface area contributed by atoms with E-state index in [1.807, 2.05) is 18.2 Å². The summed E-state index contributed by atoms with van der Waals surface area (Å²) in [7, 11) is 0. The third kappa shape index (κ3) is 3.81. The number of amides is 2. The number of carbonyl (C=O) groups is 3. The van der Waals surface area contributed by atoms with Crippen LogP contribution in [-0.2, 0) is 9.59 Å². The van der Waals surface area contributed by atoms with Gasteiger partial charge in [0.2, 0.25) is 5.91 Å². The molecule has 0 bridgehead atoms. The zero-order valence-electron chi connectivity index (χ0n) is 17.7. The Labute approximate surface area is 197 Å². The van der Waals surface area contributed by atoms with E-state index in [4.69, 9.17) is 0 Å². The molecule has 2 aliphatic heterocycles. The number of β-lactam (4-membered cyclic amide) rings is 1. The minimum atomic E-state index is -1.20. The maximum atomic E-state index is 12.6. The molecule has 8 heteroatoms. The average molecular weight is 416 g/mol. The largest absolute Gasteiger partial charge is 1.00 e. The van der Waals surface area contributed by atoms with Crippen LogP contribution < -0.4 is 34.9 Å². The van der Waals surface area contributed by atoms with Crippen LogP contribution in [0, 0.1) is 5.92 Å². The summed E-state index contributed by atoms with van der Waals surface area (Å²) in [4.78, 5) is 38.1. The number of anilines is 1. The van der Waals surface area contributed by atoms with Gasteiger partial charge in [0.05, 0.1) is 18.1 Å². The molecule has 7 nitrogen and oxygen atoms in total. The van der Waals surface area contributed by atoms with E-state index in [-0.39, 0.29) is 54.5 Å². The quantitative estimate of drug-likeness (QED) is 0.449. The first kappa shape index (κ1) is 22.2. The number of nitrogens with zero attached hydrogens (tertiary/aromatic N) is 1. The molecule has 3 N–H and O–H groups in total. The van der Waals surface area contributed by atoms with E-state index in [0.29, 0.717) is 28.8 Å². The number of aliphatic carboxylic acids is 1. The maximum absolute atomic E-state index is 12.6. The molecule has 0 radical (unpaired) electrons. The Kier molecular flexibility index (Phi) is 6.47. The fraction of sp³-hybridized carbons (Fsp3) is 0.227. The van der Waals surface area contributed by atoms with Crippen LogP contribution in [0.2, 0.25) is 0 Å². The van der Waals surface area contributed by atoms with Crippen molar-refractivity contribution in [3.05, 3.63) is 71.4 Å². The Hall–Kier alpha value is -2.45. The summed E-state index contributed by atoms with van der Waals surface area (Å²) in [5.74, 6) is -2.49. The number of carboxylic acids is 1. The van der Waals surface area contributed by atoms with Gasteiger partial charge in [0.1, 0.15) is 5.70 Å². The number of fused-ring (bicyclic) bond motifs is 1. The molecule has 1 fully saturated rings. The Balaban J connectivity index is 0.00000171. The molecule has 3 atom stereocenters. The molecule has 0 spiro atoms. The zero-order chi connectivity index (χ0) is 20.7. The van der Waals surface area contributed by atoms with E-state index in [0.717, 1.165) is 0 Å². The van der Waals surface area contributed by atoms with E-state index in [1.54, 1.807) is 36.4 Å². The van der Waals surface area contributed by atoms with Gasteiger partial charge in [0.15, 0.2) is 0 Å².